The zero-order valence-corrected chi connectivity index (χ0v) is 21.4. The van der Waals surface area contributed by atoms with Crippen LogP contribution in [0.15, 0.2) is 53.7 Å². The van der Waals surface area contributed by atoms with E-state index >= 15 is 0 Å². The topological polar surface area (TPSA) is 110 Å². The summed E-state index contributed by atoms with van der Waals surface area (Å²) in [6, 6.07) is 15.6. The third-order valence-electron chi connectivity index (χ3n) is 5.90. The number of benzene rings is 2. The van der Waals surface area contributed by atoms with E-state index in [1.807, 2.05) is 34.9 Å². The minimum absolute atomic E-state index is 0.0970. The Bertz CT molecular complexity index is 1180. The van der Waals surface area contributed by atoms with E-state index in [0.29, 0.717) is 18.2 Å². The maximum Gasteiger partial charge on any atom is 0.248 e. The number of carbonyl (C=O) groups excluding carboxylic acids is 2. The van der Waals surface area contributed by atoms with E-state index in [0.717, 1.165) is 36.5 Å². The van der Waals surface area contributed by atoms with Crippen molar-refractivity contribution in [2.75, 3.05) is 17.7 Å². The predicted octanol–water partition coefficient (Wildman–Crippen LogP) is 3.17. The minimum atomic E-state index is -0.317. The van der Waals surface area contributed by atoms with E-state index in [4.69, 9.17) is 4.74 Å². The molecule has 0 radical (unpaired) electrons. The summed E-state index contributed by atoms with van der Waals surface area (Å²) in [4.78, 5) is 24.5. The lowest BCUT2D eigenvalue weighted by atomic mass is 10.1. The number of nitrogens with one attached hydrogen (secondary N) is 3. The number of aryl methyl sites for hydroxylation is 2. The number of ether oxygens (including phenoxy) is 1. The monoisotopic (exact) mass is 508 g/mol. The molecule has 2 amide bonds. The van der Waals surface area contributed by atoms with Crippen LogP contribution in [0.25, 0.3) is 0 Å². The first-order chi connectivity index (χ1) is 17.5. The Hall–Kier alpha value is -3.37. The number of rotatable bonds is 10. The first-order valence-corrected chi connectivity index (χ1v) is 13.1. The van der Waals surface area contributed by atoms with Gasteiger partial charge in [-0.25, -0.2) is 0 Å². The molecule has 1 fully saturated rings. The second kappa shape index (κ2) is 12.5. The third kappa shape index (κ3) is 7.32. The summed E-state index contributed by atoms with van der Waals surface area (Å²) in [5.41, 5.74) is 9.25. The average Bonchev–Trinajstić information content (AvgIpc) is 3.52. The van der Waals surface area contributed by atoms with E-state index in [1.54, 1.807) is 0 Å². The molecule has 0 aliphatic carbocycles. The molecule has 0 bridgehead atoms. The summed E-state index contributed by atoms with van der Waals surface area (Å²) < 4.78 is 7.86. The van der Waals surface area contributed by atoms with Gasteiger partial charge < -0.3 is 14.6 Å². The average molecular weight is 509 g/mol. The molecule has 1 unspecified atom stereocenters. The molecule has 0 spiro atoms. The Balaban J connectivity index is 1.33. The fourth-order valence-corrected chi connectivity index (χ4v) is 4.82. The molecule has 0 saturated carbocycles. The second-order valence-electron chi connectivity index (χ2n) is 8.86. The first kappa shape index (κ1) is 25.7. The van der Waals surface area contributed by atoms with E-state index in [9.17, 15) is 9.59 Å². The van der Waals surface area contributed by atoms with Gasteiger partial charge in [0.1, 0.15) is 0 Å². The summed E-state index contributed by atoms with van der Waals surface area (Å²) in [7, 11) is 0. The van der Waals surface area contributed by atoms with Crippen molar-refractivity contribution in [2.24, 2.45) is 0 Å². The van der Waals surface area contributed by atoms with Crippen molar-refractivity contribution >= 4 is 29.3 Å². The fraction of sp³-hybridized carbons (Fsp3) is 0.385. The Morgan fingerprint density at radius 3 is 2.64 bits per heavy atom. The van der Waals surface area contributed by atoms with Crippen molar-refractivity contribution in [1.82, 2.24) is 25.6 Å². The summed E-state index contributed by atoms with van der Waals surface area (Å²) in [5.74, 6) is 0.285. The standard InChI is InChI=1S/C26H32N6O3S/c1-18-10-11-22(19(2)13-18)27-15-23-28-31-26(32(23)16-21-9-6-12-35-21)36-17-25(34)30-29-24(33)14-20-7-4-3-5-8-20/h3-5,7-8,10-11,13,21,27H,6,9,12,14-17H2,1-2H3,(H,29,33)(H,30,34). The normalized spacial score (nSPS) is 15.0. The lowest BCUT2D eigenvalue weighted by Crippen LogP contribution is -2.43. The van der Waals surface area contributed by atoms with E-state index < -0.39 is 0 Å². The number of hydrogen-bond acceptors (Lipinski definition) is 7. The van der Waals surface area contributed by atoms with Gasteiger partial charge in [0.25, 0.3) is 0 Å². The summed E-state index contributed by atoms with van der Waals surface area (Å²) in [6.45, 7) is 6.05. The van der Waals surface area contributed by atoms with Crippen LogP contribution < -0.4 is 16.2 Å². The van der Waals surface area contributed by atoms with Crippen molar-refractivity contribution in [3.63, 3.8) is 0 Å². The highest BCUT2D eigenvalue weighted by Gasteiger charge is 2.21. The number of thioether (sulfide) groups is 1. The number of carbonyl (C=O) groups is 2. The van der Waals surface area contributed by atoms with Crippen molar-refractivity contribution in [2.45, 2.75) is 57.5 Å². The van der Waals surface area contributed by atoms with Crippen LogP contribution in [0.3, 0.4) is 0 Å². The van der Waals surface area contributed by atoms with Gasteiger partial charge >= 0.3 is 0 Å². The zero-order valence-electron chi connectivity index (χ0n) is 20.6. The third-order valence-corrected chi connectivity index (χ3v) is 6.87. The minimum Gasteiger partial charge on any atom is -0.378 e. The molecule has 190 valence electrons. The van der Waals surface area contributed by atoms with Gasteiger partial charge in [0, 0.05) is 12.3 Å². The zero-order chi connectivity index (χ0) is 25.3. The maximum absolute atomic E-state index is 12.4. The van der Waals surface area contributed by atoms with Crippen LogP contribution in [-0.2, 0) is 33.8 Å². The second-order valence-corrected chi connectivity index (χ2v) is 9.81. The van der Waals surface area contributed by atoms with Gasteiger partial charge in [-0.05, 0) is 43.9 Å². The molecular formula is C26H32N6O3S. The molecule has 1 atom stereocenters. The summed E-state index contributed by atoms with van der Waals surface area (Å²) >= 11 is 1.28. The maximum atomic E-state index is 12.4. The van der Waals surface area contributed by atoms with Crippen LogP contribution in [0.4, 0.5) is 5.69 Å². The van der Waals surface area contributed by atoms with E-state index in [2.05, 4.69) is 58.4 Å². The lowest BCUT2D eigenvalue weighted by Gasteiger charge is -2.16. The van der Waals surface area contributed by atoms with E-state index in [1.165, 1.54) is 22.9 Å². The van der Waals surface area contributed by atoms with Gasteiger partial charge in [-0.1, -0.05) is 59.8 Å². The van der Waals surface area contributed by atoms with Crippen LogP contribution in [-0.4, -0.2) is 45.0 Å². The highest BCUT2D eigenvalue weighted by molar-refractivity contribution is 7.99. The highest BCUT2D eigenvalue weighted by atomic mass is 32.2. The molecule has 1 saturated heterocycles. The largest absolute Gasteiger partial charge is 0.378 e. The van der Waals surface area contributed by atoms with Crippen molar-refractivity contribution < 1.29 is 14.3 Å². The SMILES string of the molecule is Cc1ccc(NCc2nnc(SCC(=O)NNC(=O)Cc3ccccc3)n2CC2CCCO2)c(C)c1. The molecule has 1 aliphatic rings. The number of hydrogen-bond donors (Lipinski definition) is 3. The molecule has 4 rings (SSSR count). The van der Waals surface area contributed by atoms with Gasteiger partial charge in [0.2, 0.25) is 11.8 Å². The fourth-order valence-electron chi connectivity index (χ4n) is 4.05. The predicted molar refractivity (Wildman–Crippen MR) is 139 cm³/mol. The molecule has 1 aliphatic heterocycles. The van der Waals surface area contributed by atoms with Gasteiger partial charge in [-0.2, -0.15) is 0 Å². The van der Waals surface area contributed by atoms with Crippen molar-refractivity contribution in [1.29, 1.82) is 0 Å². The molecule has 9 nitrogen and oxygen atoms in total. The Labute approximate surface area is 215 Å². The van der Waals surface area contributed by atoms with Gasteiger partial charge in [0.15, 0.2) is 11.0 Å². The smallest absolute Gasteiger partial charge is 0.248 e. The van der Waals surface area contributed by atoms with Crippen LogP contribution in [0.2, 0.25) is 0 Å². The van der Waals surface area contributed by atoms with Crippen molar-refractivity contribution in [3.8, 4) is 0 Å². The van der Waals surface area contributed by atoms with Crippen LogP contribution >= 0.6 is 11.8 Å². The highest BCUT2D eigenvalue weighted by Crippen LogP contribution is 2.23. The number of nitrogens with zero attached hydrogens (tertiary/aromatic N) is 3. The van der Waals surface area contributed by atoms with Gasteiger partial charge in [-0.3, -0.25) is 20.4 Å². The first-order valence-electron chi connectivity index (χ1n) is 12.1. The molecule has 1 aromatic heterocycles. The Kier molecular flexibility index (Phi) is 8.96. The van der Waals surface area contributed by atoms with E-state index in [-0.39, 0.29) is 30.1 Å². The molecular weight excluding hydrogens is 476 g/mol. The quantitative estimate of drug-likeness (QED) is 0.285. The molecule has 3 N–H and O–H groups in total. The molecule has 3 aromatic rings. The molecule has 2 heterocycles. The number of aromatic nitrogens is 3. The van der Waals surface area contributed by atoms with Gasteiger partial charge in [-0.15, -0.1) is 10.2 Å². The summed E-state index contributed by atoms with van der Waals surface area (Å²) in [6.07, 6.45) is 2.32. The van der Waals surface area contributed by atoms with Crippen molar-refractivity contribution in [3.05, 3.63) is 71.0 Å². The van der Waals surface area contributed by atoms with Gasteiger partial charge in [0.05, 0.1) is 31.4 Å². The number of hydrazine groups is 1. The summed E-state index contributed by atoms with van der Waals surface area (Å²) in [5, 5.41) is 12.8. The molecule has 10 heteroatoms. The number of amides is 2. The van der Waals surface area contributed by atoms with Crippen LogP contribution in [0, 0.1) is 13.8 Å². The Morgan fingerprint density at radius 1 is 1.08 bits per heavy atom. The number of anilines is 1. The Morgan fingerprint density at radius 2 is 1.89 bits per heavy atom. The lowest BCUT2D eigenvalue weighted by molar-refractivity contribution is -0.127. The van der Waals surface area contributed by atoms with Crippen LogP contribution in [0.1, 0.15) is 35.4 Å². The van der Waals surface area contributed by atoms with Crippen LogP contribution in [0.5, 0.6) is 0 Å². The molecule has 36 heavy (non-hydrogen) atoms. The molecule has 2 aromatic carbocycles.